The summed E-state index contributed by atoms with van der Waals surface area (Å²) in [5, 5.41) is 9.96. The lowest BCUT2D eigenvalue weighted by molar-refractivity contribution is 0.0318. The molecule has 2 atom stereocenters. The fourth-order valence-electron chi connectivity index (χ4n) is 3.19. The lowest BCUT2D eigenvalue weighted by Gasteiger charge is -2.38. The highest BCUT2D eigenvalue weighted by molar-refractivity contribution is 7.17. The Morgan fingerprint density at radius 3 is 2.55 bits per heavy atom. The van der Waals surface area contributed by atoms with Crippen LogP contribution in [0.2, 0.25) is 4.34 Å². The first-order valence-electron chi connectivity index (χ1n) is 7.12. The van der Waals surface area contributed by atoms with Gasteiger partial charge in [0.1, 0.15) is 0 Å². The number of aliphatic hydroxyl groups is 1. The second-order valence-electron chi connectivity index (χ2n) is 5.50. The summed E-state index contributed by atoms with van der Waals surface area (Å²) in [4.78, 5) is 17.3. The Kier molecular flexibility index (Phi) is 4.31. The molecule has 1 amide bonds. The number of thiophene rings is 1. The molecule has 2 heterocycles. The number of aliphatic hydroxyl groups excluding tert-OH is 1. The van der Waals surface area contributed by atoms with Gasteiger partial charge in [-0.1, -0.05) is 11.6 Å². The van der Waals surface area contributed by atoms with Gasteiger partial charge in [-0.3, -0.25) is 9.69 Å². The van der Waals surface area contributed by atoms with Gasteiger partial charge in [0.25, 0.3) is 5.91 Å². The summed E-state index contributed by atoms with van der Waals surface area (Å²) in [5.41, 5.74) is 0. The molecule has 2 aliphatic rings. The number of hydrogen-bond donors (Lipinski definition) is 1. The molecule has 0 unspecified atom stereocenters. The number of halogens is 1. The van der Waals surface area contributed by atoms with Crippen molar-refractivity contribution in [3.05, 3.63) is 21.3 Å². The smallest absolute Gasteiger partial charge is 0.264 e. The van der Waals surface area contributed by atoms with E-state index in [0.29, 0.717) is 15.3 Å². The molecule has 0 radical (unpaired) electrons. The molecular weight excluding hydrogens is 296 g/mol. The molecule has 2 fully saturated rings. The van der Waals surface area contributed by atoms with E-state index in [4.69, 9.17) is 11.6 Å². The van der Waals surface area contributed by atoms with Crippen molar-refractivity contribution in [3.63, 3.8) is 0 Å². The van der Waals surface area contributed by atoms with Gasteiger partial charge in [0.05, 0.1) is 15.3 Å². The molecule has 1 saturated carbocycles. The first-order chi connectivity index (χ1) is 9.65. The van der Waals surface area contributed by atoms with Crippen LogP contribution in [-0.4, -0.2) is 59.1 Å². The Bertz CT molecular complexity index is 485. The molecule has 0 bridgehead atoms. The van der Waals surface area contributed by atoms with E-state index < -0.39 is 0 Å². The number of rotatable bonds is 2. The van der Waals surface area contributed by atoms with E-state index in [-0.39, 0.29) is 12.0 Å². The summed E-state index contributed by atoms with van der Waals surface area (Å²) in [6, 6.07) is 3.86. The van der Waals surface area contributed by atoms with E-state index >= 15 is 0 Å². The van der Waals surface area contributed by atoms with Crippen LogP contribution < -0.4 is 0 Å². The zero-order valence-electron chi connectivity index (χ0n) is 11.3. The quantitative estimate of drug-likeness (QED) is 0.909. The van der Waals surface area contributed by atoms with Crippen LogP contribution in [0.1, 0.15) is 28.9 Å². The third-order valence-corrected chi connectivity index (χ3v) is 5.52. The van der Waals surface area contributed by atoms with Crippen molar-refractivity contribution >= 4 is 28.8 Å². The highest BCUT2D eigenvalue weighted by Gasteiger charge is 2.33. The van der Waals surface area contributed by atoms with Crippen LogP contribution >= 0.6 is 22.9 Å². The topological polar surface area (TPSA) is 43.8 Å². The Morgan fingerprint density at radius 1 is 1.25 bits per heavy atom. The molecule has 1 aliphatic heterocycles. The zero-order valence-corrected chi connectivity index (χ0v) is 12.9. The van der Waals surface area contributed by atoms with Gasteiger partial charge in [0.2, 0.25) is 0 Å². The molecule has 3 rings (SSSR count). The van der Waals surface area contributed by atoms with Gasteiger partial charge in [-0.15, -0.1) is 11.3 Å². The van der Waals surface area contributed by atoms with E-state index in [1.54, 1.807) is 12.1 Å². The maximum atomic E-state index is 12.3. The van der Waals surface area contributed by atoms with E-state index in [0.717, 1.165) is 45.4 Å². The number of hydrogen-bond acceptors (Lipinski definition) is 4. The first kappa shape index (κ1) is 14.3. The lowest BCUT2D eigenvalue weighted by atomic mass is 10.1. The third-order valence-electron chi connectivity index (χ3n) is 4.30. The molecule has 1 aromatic rings. The fourth-order valence-corrected chi connectivity index (χ4v) is 4.20. The lowest BCUT2D eigenvalue weighted by Crippen LogP contribution is -2.53. The molecule has 1 aromatic heterocycles. The number of amides is 1. The van der Waals surface area contributed by atoms with Crippen molar-refractivity contribution in [2.75, 3.05) is 26.2 Å². The number of nitrogens with zero attached hydrogens (tertiary/aromatic N) is 2. The highest BCUT2D eigenvalue weighted by Crippen LogP contribution is 2.26. The van der Waals surface area contributed by atoms with Crippen LogP contribution in [0.3, 0.4) is 0 Å². The second-order valence-corrected chi connectivity index (χ2v) is 7.21. The predicted octanol–water partition coefficient (Wildman–Crippen LogP) is 2.07. The van der Waals surface area contributed by atoms with Crippen molar-refractivity contribution in [2.24, 2.45) is 0 Å². The van der Waals surface area contributed by atoms with Crippen molar-refractivity contribution < 1.29 is 9.90 Å². The molecular formula is C14H19ClN2O2S. The summed E-state index contributed by atoms with van der Waals surface area (Å²) < 4.78 is 0.654. The standard InChI is InChI=1S/C14H19ClN2O2S/c15-13-5-4-12(20-13)14(19)17-8-6-16(7-9-17)10-2-1-3-11(10)18/h4-5,10-11,18H,1-3,6-9H2/t10-,11-/m1/s1. The molecule has 0 spiro atoms. The van der Waals surface area contributed by atoms with Crippen LogP contribution in [0.25, 0.3) is 0 Å². The first-order valence-corrected chi connectivity index (χ1v) is 8.31. The van der Waals surface area contributed by atoms with Gasteiger partial charge in [0.15, 0.2) is 0 Å². The average Bonchev–Trinajstić information content (AvgIpc) is 3.07. The van der Waals surface area contributed by atoms with E-state index in [9.17, 15) is 9.90 Å². The second kappa shape index (κ2) is 6.02. The maximum Gasteiger partial charge on any atom is 0.264 e. The average molecular weight is 315 g/mol. The number of carbonyl (C=O) groups is 1. The SMILES string of the molecule is O=C(c1ccc(Cl)s1)N1CCN([C@@H]2CCC[C@H]2O)CC1. The minimum Gasteiger partial charge on any atom is -0.391 e. The van der Waals surface area contributed by atoms with Gasteiger partial charge in [-0.2, -0.15) is 0 Å². The fraction of sp³-hybridized carbons (Fsp3) is 0.643. The third kappa shape index (κ3) is 2.86. The zero-order chi connectivity index (χ0) is 14.1. The van der Waals surface area contributed by atoms with E-state index in [2.05, 4.69) is 4.90 Å². The minimum atomic E-state index is -0.187. The molecule has 6 heteroatoms. The predicted molar refractivity (Wildman–Crippen MR) is 80.5 cm³/mol. The highest BCUT2D eigenvalue weighted by atomic mass is 35.5. The summed E-state index contributed by atoms with van der Waals surface area (Å²) in [7, 11) is 0. The Labute approximate surface area is 127 Å². The number of piperazine rings is 1. The Balaban J connectivity index is 1.57. The largest absolute Gasteiger partial charge is 0.391 e. The molecule has 110 valence electrons. The van der Waals surface area contributed by atoms with Crippen LogP contribution in [-0.2, 0) is 0 Å². The van der Waals surface area contributed by atoms with Crippen molar-refractivity contribution in [1.82, 2.24) is 9.80 Å². The van der Waals surface area contributed by atoms with Crippen LogP contribution in [0, 0.1) is 0 Å². The van der Waals surface area contributed by atoms with E-state index in [1.165, 1.54) is 11.3 Å². The molecule has 0 aromatic carbocycles. The summed E-state index contributed by atoms with van der Waals surface area (Å²) in [6.45, 7) is 3.17. The monoisotopic (exact) mass is 314 g/mol. The van der Waals surface area contributed by atoms with Gasteiger partial charge in [0, 0.05) is 32.2 Å². The van der Waals surface area contributed by atoms with Crippen LogP contribution in [0.15, 0.2) is 12.1 Å². The van der Waals surface area contributed by atoms with Crippen LogP contribution in [0.4, 0.5) is 0 Å². The van der Waals surface area contributed by atoms with Gasteiger partial charge < -0.3 is 10.0 Å². The molecule has 1 aliphatic carbocycles. The van der Waals surface area contributed by atoms with Crippen LogP contribution in [0.5, 0.6) is 0 Å². The molecule has 4 nitrogen and oxygen atoms in total. The molecule has 1 N–H and O–H groups in total. The van der Waals surface area contributed by atoms with Gasteiger partial charge >= 0.3 is 0 Å². The van der Waals surface area contributed by atoms with Gasteiger partial charge in [-0.05, 0) is 31.4 Å². The summed E-state index contributed by atoms with van der Waals surface area (Å²) in [5.74, 6) is 0.0773. The van der Waals surface area contributed by atoms with Crippen molar-refractivity contribution in [2.45, 2.75) is 31.4 Å². The normalized spacial score (nSPS) is 28.0. The van der Waals surface area contributed by atoms with Crippen molar-refractivity contribution in [1.29, 1.82) is 0 Å². The Morgan fingerprint density at radius 2 is 2.00 bits per heavy atom. The summed E-state index contributed by atoms with van der Waals surface area (Å²) >= 11 is 7.22. The van der Waals surface area contributed by atoms with E-state index in [1.807, 2.05) is 4.90 Å². The minimum absolute atomic E-state index is 0.0773. The van der Waals surface area contributed by atoms with Gasteiger partial charge in [-0.25, -0.2) is 0 Å². The maximum absolute atomic E-state index is 12.3. The molecule has 20 heavy (non-hydrogen) atoms. The number of carbonyl (C=O) groups excluding carboxylic acids is 1. The Hall–Kier alpha value is -0.620. The molecule has 1 saturated heterocycles. The summed E-state index contributed by atoms with van der Waals surface area (Å²) in [6.07, 6.45) is 2.92. The van der Waals surface area contributed by atoms with Crippen molar-refractivity contribution in [3.8, 4) is 0 Å².